The highest BCUT2D eigenvalue weighted by Gasteiger charge is 2.16. The number of phenols is 1. The fraction of sp³-hybridized carbons (Fsp3) is 0.250. The number of hydrogen-bond acceptors (Lipinski definition) is 4. The van der Waals surface area contributed by atoms with Gasteiger partial charge in [0.05, 0.1) is 4.92 Å². The van der Waals surface area contributed by atoms with Gasteiger partial charge in [0.15, 0.2) is 5.75 Å². The van der Waals surface area contributed by atoms with E-state index >= 15 is 0 Å². The van der Waals surface area contributed by atoms with Crippen LogP contribution in [0.4, 0.5) is 10.1 Å². The van der Waals surface area contributed by atoms with Crippen LogP contribution in [0.1, 0.15) is 11.7 Å². The summed E-state index contributed by atoms with van der Waals surface area (Å²) in [4.78, 5) is 9.56. The fourth-order valence-corrected chi connectivity index (χ4v) is 1.03. The third-order valence-corrected chi connectivity index (χ3v) is 1.76. The summed E-state index contributed by atoms with van der Waals surface area (Å²) in [5, 5.41) is 19.5. The fourth-order valence-electron chi connectivity index (χ4n) is 1.03. The first kappa shape index (κ1) is 10.4. The van der Waals surface area contributed by atoms with Crippen LogP contribution in [0.15, 0.2) is 18.2 Å². The van der Waals surface area contributed by atoms with E-state index < -0.39 is 22.5 Å². The van der Waals surface area contributed by atoms with Crippen LogP contribution < -0.4 is 5.73 Å². The molecule has 76 valence electrons. The van der Waals surface area contributed by atoms with E-state index in [1.807, 2.05) is 0 Å². The van der Waals surface area contributed by atoms with Crippen molar-refractivity contribution in [3.8, 4) is 5.75 Å². The van der Waals surface area contributed by atoms with Crippen molar-refractivity contribution in [2.24, 2.45) is 5.73 Å². The summed E-state index contributed by atoms with van der Waals surface area (Å²) in [6, 6.07) is 3.29. The molecule has 1 rings (SSSR count). The van der Waals surface area contributed by atoms with Gasteiger partial charge in [0.1, 0.15) is 6.17 Å². The lowest BCUT2D eigenvalue weighted by molar-refractivity contribution is -0.385. The number of hydrogen-bond donors (Lipinski definition) is 2. The number of aromatic hydroxyl groups is 1. The van der Waals surface area contributed by atoms with E-state index in [0.29, 0.717) is 0 Å². The summed E-state index contributed by atoms with van der Waals surface area (Å²) in [5.74, 6) is -0.552. The van der Waals surface area contributed by atoms with Crippen molar-refractivity contribution in [1.29, 1.82) is 0 Å². The molecule has 1 aromatic carbocycles. The molecule has 3 N–H and O–H groups in total. The van der Waals surface area contributed by atoms with Crippen molar-refractivity contribution in [2.75, 3.05) is 6.54 Å². The van der Waals surface area contributed by atoms with Gasteiger partial charge in [-0.25, -0.2) is 4.39 Å². The maximum atomic E-state index is 13.0. The van der Waals surface area contributed by atoms with E-state index in [0.717, 1.165) is 12.1 Å². The Bertz CT molecular complexity index is 356. The van der Waals surface area contributed by atoms with Crippen molar-refractivity contribution < 1.29 is 14.4 Å². The van der Waals surface area contributed by atoms with Gasteiger partial charge < -0.3 is 10.8 Å². The minimum atomic E-state index is -1.42. The van der Waals surface area contributed by atoms with E-state index in [-0.39, 0.29) is 12.1 Å². The number of halogens is 1. The van der Waals surface area contributed by atoms with E-state index in [4.69, 9.17) is 10.8 Å². The maximum absolute atomic E-state index is 13.0. The lowest BCUT2D eigenvalue weighted by Gasteiger charge is -2.05. The van der Waals surface area contributed by atoms with Crippen LogP contribution >= 0.6 is 0 Å². The molecule has 1 atom stereocenters. The molecule has 1 unspecified atom stereocenters. The molecule has 0 amide bonds. The molecule has 6 heteroatoms. The average Bonchev–Trinajstić information content (AvgIpc) is 2.15. The van der Waals surface area contributed by atoms with Crippen LogP contribution in [0.3, 0.4) is 0 Å². The third kappa shape index (κ3) is 1.97. The van der Waals surface area contributed by atoms with Crippen LogP contribution in [0.5, 0.6) is 5.75 Å². The van der Waals surface area contributed by atoms with Crippen molar-refractivity contribution in [3.63, 3.8) is 0 Å². The lowest BCUT2D eigenvalue weighted by Crippen LogP contribution is -2.07. The van der Waals surface area contributed by atoms with E-state index in [1.54, 1.807) is 0 Å². The molecule has 0 aliphatic rings. The van der Waals surface area contributed by atoms with Gasteiger partial charge in [-0.1, -0.05) is 0 Å². The lowest BCUT2D eigenvalue weighted by atomic mass is 10.1. The third-order valence-electron chi connectivity index (χ3n) is 1.76. The zero-order valence-electron chi connectivity index (χ0n) is 7.18. The van der Waals surface area contributed by atoms with Crippen LogP contribution in [0.2, 0.25) is 0 Å². The molecule has 1 aromatic rings. The molecule has 0 bridgehead atoms. The Morgan fingerprint density at radius 3 is 2.71 bits per heavy atom. The first-order chi connectivity index (χ1) is 6.56. The molecular formula is C8H9FN2O3. The second-order valence-electron chi connectivity index (χ2n) is 2.71. The molecule has 0 spiro atoms. The Balaban J connectivity index is 3.06. The number of rotatable bonds is 3. The molecule has 0 aromatic heterocycles. The van der Waals surface area contributed by atoms with Crippen molar-refractivity contribution in [1.82, 2.24) is 0 Å². The number of alkyl halides is 1. The Morgan fingerprint density at radius 2 is 2.29 bits per heavy atom. The molecule has 0 heterocycles. The molecular weight excluding hydrogens is 191 g/mol. The molecule has 0 aliphatic carbocycles. The number of benzene rings is 1. The SMILES string of the molecule is NCC(F)c1ccc([N+](=O)[O-])c(O)c1. The van der Waals surface area contributed by atoms with Crippen molar-refractivity contribution >= 4 is 5.69 Å². The number of nitro benzene ring substituents is 1. The minimum absolute atomic E-state index is 0.135. The Hall–Kier alpha value is -1.69. The predicted octanol–water partition coefficient (Wildman–Crippen LogP) is 1.27. The highest BCUT2D eigenvalue weighted by atomic mass is 19.1. The normalized spacial score (nSPS) is 12.4. The number of phenolic OH excluding ortho intramolecular Hbond substituents is 1. The molecule has 5 nitrogen and oxygen atoms in total. The monoisotopic (exact) mass is 200 g/mol. The maximum Gasteiger partial charge on any atom is 0.310 e. The first-order valence-corrected chi connectivity index (χ1v) is 3.87. The summed E-state index contributed by atoms with van der Waals surface area (Å²) in [6.07, 6.45) is -1.42. The Kier molecular flexibility index (Phi) is 2.98. The van der Waals surface area contributed by atoms with Gasteiger partial charge in [0.2, 0.25) is 0 Å². The van der Waals surface area contributed by atoms with Gasteiger partial charge in [0, 0.05) is 12.6 Å². The minimum Gasteiger partial charge on any atom is -0.502 e. The topological polar surface area (TPSA) is 89.4 Å². The van der Waals surface area contributed by atoms with E-state index in [2.05, 4.69) is 0 Å². The summed E-state index contributed by atoms with van der Waals surface area (Å²) in [7, 11) is 0. The zero-order valence-corrected chi connectivity index (χ0v) is 7.18. The van der Waals surface area contributed by atoms with Gasteiger partial charge in [0.25, 0.3) is 0 Å². The Morgan fingerprint density at radius 1 is 1.64 bits per heavy atom. The number of nitro groups is 1. The van der Waals surface area contributed by atoms with Gasteiger partial charge in [-0.3, -0.25) is 10.1 Å². The molecule has 0 saturated carbocycles. The van der Waals surface area contributed by atoms with Gasteiger partial charge in [-0.05, 0) is 17.7 Å². The standard InChI is InChI=1S/C8H9FN2O3/c9-6(4-10)5-1-2-7(11(13)14)8(12)3-5/h1-3,6,12H,4,10H2. The van der Waals surface area contributed by atoms with Crippen LogP contribution in [-0.4, -0.2) is 16.6 Å². The van der Waals surface area contributed by atoms with Crippen LogP contribution in [-0.2, 0) is 0 Å². The van der Waals surface area contributed by atoms with Gasteiger partial charge in [-0.15, -0.1) is 0 Å². The number of nitrogens with two attached hydrogens (primary N) is 1. The number of nitrogens with zero attached hydrogens (tertiary/aromatic N) is 1. The smallest absolute Gasteiger partial charge is 0.310 e. The molecule has 0 aliphatic heterocycles. The van der Waals surface area contributed by atoms with Gasteiger partial charge >= 0.3 is 5.69 Å². The van der Waals surface area contributed by atoms with E-state index in [1.165, 1.54) is 6.07 Å². The van der Waals surface area contributed by atoms with E-state index in [9.17, 15) is 14.5 Å². The predicted molar refractivity (Wildman–Crippen MR) is 47.7 cm³/mol. The highest BCUT2D eigenvalue weighted by Crippen LogP contribution is 2.29. The van der Waals surface area contributed by atoms with Crippen molar-refractivity contribution in [3.05, 3.63) is 33.9 Å². The van der Waals surface area contributed by atoms with Crippen LogP contribution in [0.25, 0.3) is 0 Å². The quantitative estimate of drug-likeness (QED) is 0.567. The zero-order chi connectivity index (χ0) is 10.7. The molecule has 14 heavy (non-hydrogen) atoms. The Labute approximate surface area is 79.1 Å². The summed E-state index contributed by atoms with van der Waals surface area (Å²) < 4.78 is 13.0. The highest BCUT2D eigenvalue weighted by molar-refractivity contribution is 5.47. The molecule has 0 saturated heterocycles. The second-order valence-corrected chi connectivity index (χ2v) is 2.71. The first-order valence-electron chi connectivity index (χ1n) is 3.87. The molecule has 0 radical (unpaired) electrons. The second kappa shape index (κ2) is 4.01. The average molecular weight is 200 g/mol. The summed E-state index contributed by atoms with van der Waals surface area (Å²) >= 11 is 0. The van der Waals surface area contributed by atoms with Gasteiger partial charge in [-0.2, -0.15) is 0 Å². The largest absolute Gasteiger partial charge is 0.502 e. The van der Waals surface area contributed by atoms with Crippen LogP contribution in [0, 0.1) is 10.1 Å². The molecule has 0 fully saturated rings. The summed E-state index contributed by atoms with van der Waals surface area (Å²) in [6.45, 7) is -0.225. The van der Waals surface area contributed by atoms with Crippen molar-refractivity contribution in [2.45, 2.75) is 6.17 Å². The summed E-state index contributed by atoms with van der Waals surface area (Å²) in [5.41, 5.74) is 4.75.